The maximum absolute atomic E-state index is 5.75. The van der Waals surface area contributed by atoms with Crippen molar-refractivity contribution in [2.45, 2.75) is 5.88 Å². The number of hydrogen-bond acceptors (Lipinski definition) is 2. The number of hydrazine groups is 1. The van der Waals surface area contributed by atoms with Gasteiger partial charge in [0.1, 0.15) is 0 Å². The molecule has 1 aromatic rings. The van der Waals surface area contributed by atoms with Gasteiger partial charge in [0.25, 0.3) is 0 Å². The van der Waals surface area contributed by atoms with Crippen molar-refractivity contribution < 1.29 is 0 Å². The second kappa shape index (κ2) is 3.81. The summed E-state index contributed by atoms with van der Waals surface area (Å²) in [6, 6.07) is 5.38. The Balaban J connectivity index is 3.02. The third kappa shape index (κ3) is 2.26. The molecule has 60 valence electrons. The van der Waals surface area contributed by atoms with Gasteiger partial charge in [0.15, 0.2) is 0 Å². The summed E-state index contributed by atoms with van der Waals surface area (Å²) < 4.78 is 0. The van der Waals surface area contributed by atoms with E-state index in [-0.39, 0.29) is 0 Å². The van der Waals surface area contributed by atoms with Gasteiger partial charge in [0.05, 0.1) is 5.69 Å². The molecule has 0 fully saturated rings. The van der Waals surface area contributed by atoms with E-state index >= 15 is 0 Å². The number of halogens is 2. The van der Waals surface area contributed by atoms with Gasteiger partial charge in [-0.3, -0.25) is 5.84 Å². The highest BCUT2D eigenvalue weighted by atomic mass is 35.5. The first-order valence-electron chi connectivity index (χ1n) is 3.08. The lowest BCUT2D eigenvalue weighted by Crippen LogP contribution is -2.06. The van der Waals surface area contributed by atoms with Crippen LogP contribution in [-0.2, 0) is 5.88 Å². The first-order valence-corrected chi connectivity index (χ1v) is 3.99. The van der Waals surface area contributed by atoms with Crippen LogP contribution < -0.4 is 11.3 Å². The molecule has 0 aliphatic heterocycles. The molecule has 1 aromatic carbocycles. The molecule has 4 heteroatoms. The summed E-state index contributed by atoms with van der Waals surface area (Å²) in [5.41, 5.74) is 4.22. The van der Waals surface area contributed by atoms with Crippen LogP contribution in [0.25, 0.3) is 0 Å². The third-order valence-electron chi connectivity index (χ3n) is 1.28. The van der Waals surface area contributed by atoms with Crippen LogP contribution in [0.5, 0.6) is 0 Å². The lowest BCUT2D eigenvalue weighted by Gasteiger charge is -2.02. The van der Waals surface area contributed by atoms with E-state index in [1.807, 2.05) is 6.07 Å². The number of nitrogen functional groups attached to an aromatic ring is 1. The fraction of sp³-hybridized carbons (Fsp3) is 0.143. The molecule has 11 heavy (non-hydrogen) atoms. The Morgan fingerprint density at radius 3 is 2.64 bits per heavy atom. The maximum Gasteiger partial charge on any atom is 0.0503 e. The van der Waals surface area contributed by atoms with Crippen LogP contribution in [0.15, 0.2) is 18.2 Å². The summed E-state index contributed by atoms with van der Waals surface area (Å²) in [6.07, 6.45) is 0. The Kier molecular flexibility index (Phi) is 3.00. The largest absolute Gasteiger partial charge is 0.324 e. The molecule has 0 unspecified atom stereocenters. The molecule has 0 aliphatic carbocycles. The molecule has 0 aliphatic rings. The molecule has 0 amide bonds. The molecular formula is C7H8Cl2N2. The first-order chi connectivity index (χ1) is 5.26. The fourth-order valence-electron chi connectivity index (χ4n) is 0.811. The van der Waals surface area contributed by atoms with Gasteiger partial charge < -0.3 is 5.43 Å². The molecule has 0 atom stereocenters. The van der Waals surface area contributed by atoms with Crippen molar-refractivity contribution in [3.8, 4) is 0 Å². The number of rotatable bonds is 2. The van der Waals surface area contributed by atoms with Gasteiger partial charge in [0.2, 0.25) is 0 Å². The summed E-state index contributed by atoms with van der Waals surface area (Å²) in [5, 5.41) is 0.635. The Morgan fingerprint density at radius 2 is 2.09 bits per heavy atom. The number of benzene rings is 1. The van der Waals surface area contributed by atoms with E-state index in [9.17, 15) is 0 Å². The highest BCUT2D eigenvalue weighted by Crippen LogP contribution is 2.19. The molecule has 0 radical (unpaired) electrons. The number of nitrogens with two attached hydrogens (primary N) is 1. The summed E-state index contributed by atoms with van der Waals surface area (Å²) >= 11 is 11.4. The van der Waals surface area contributed by atoms with Gasteiger partial charge in [-0.2, -0.15) is 0 Å². The number of anilines is 1. The molecule has 3 N–H and O–H groups in total. The fourth-order valence-corrected chi connectivity index (χ4v) is 1.22. The Morgan fingerprint density at radius 1 is 1.36 bits per heavy atom. The van der Waals surface area contributed by atoms with E-state index in [0.717, 1.165) is 11.3 Å². The van der Waals surface area contributed by atoms with Crippen LogP contribution in [-0.4, -0.2) is 0 Å². The van der Waals surface area contributed by atoms with Crippen molar-refractivity contribution in [1.82, 2.24) is 0 Å². The van der Waals surface area contributed by atoms with Gasteiger partial charge in [-0.05, 0) is 23.8 Å². The predicted octanol–water partition coefficient (Wildman–Crippen LogP) is 2.36. The van der Waals surface area contributed by atoms with Crippen molar-refractivity contribution in [2.24, 2.45) is 5.84 Å². The Bertz CT molecular complexity index is 228. The third-order valence-corrected chi connectivity index (χ3v) is 1.81. The molecule has 2 nitrogen and oxygen atoms in total. The molecular weight excluding hydrogens is 183 g/mol. The van der Waals surface area contributed by atoms with Crippen molar-refractivity contribution in [3.05, 3.63) is 28.8 Å². The smallest absolute Gasteiger partial charge is 0.0503 e. The molecule has 0 saturated heterocycles. The quantitative estimate of drug-likeness (QED) is 0.427. The SMILES string of the molecule is NNc1cc(Cl)cc(CCl)c1. The van der Waals surface area contributed by atoms with E-state index in [0.29, 0.717) is 10.9 Å². The van der Waals surface area contributed by atoms with Crippen LogP contribution in [0.3, 0.4) is 0 Å². The minimum absolute atomic E-state index is 0.440. The number of nitrogens with one attached hydrogen (secondary N) is 1. The highest BCUT2D eigenvalue weighted by molar-refractivity contribution is 6.31. The average Bonchev–Trinajstić information content (AvgIpc) is 2.03. The zero-order valence-corrected chi connectivity index (χ0v) is 7.28. The molecule has 0 heterocycles. The van der Waals surface area contributed by atoms with E-state index in [1.54, 1.807) is 12.1 Å². The van der Waals surface area contributed by atoms with Gasteiger partial charge >= 0.3 is 0 Å². The molecule has 0 saturated carbocycles. The predicted molar refractivity (Wildman–Crippen MR) is 48.8 cm³/mol. The summed E-state index contributed by atoms with van der Waals surface area (Å²) in [4.78, 5) is 0. The zero-order valence-electron chi connectivity index (χ0n) is 5.77. The summed E-state index contributed by atoms with van der Waals surface area (Å²) in [5.74, 6) is 5.63. The van der Waals surface area contributed by atoms with E-state index in [4.69, 9.17) is 29.0 Å². The number of alkyl halides is 1. The highest BCUT2D eigenvalue weighted by Gasteiger charge is 1.96. The van der Waals surface area contributed by atoms with Crippen molar-refractivity contribution in [3.63, 3.8) is 0 Å². The second-order valence-electron chi connectivity index (χ2n) is 2.13. The topological polar surface area (TPSA) is 38.0 Å². The molecule has 0 bridgehead atoms. The van der Waals surface area contributed by atoms with Crippen LogP contribution in [0.4, 0.5) is 5.69 Å². The van der Waals surface area contributed by atoms with E-state index < -0.39 is 0 Å². The van der Waals surface area contributed by atoms with Crippen LogP contribution in [0, 0.1) is 0 Å². The molecule has 0 spiro atoms. The average molecular weight is 191 g/mol. The van der Waals surface area contributed by atoms with Gasteiger partial charge in [-0.25, -0.2) is 0 Å². The first kappa shape index (κ1) is 8.65. The van der Waals surface area contributed by atoms with Crippen molar-refractivity contribution in [1.29, 1.82) is 0 Å². The Labute approximate surface area is 75.3 Å². The van der Waals surface area contributed by atoms with Crippen molar-refractivity contribution in [2.75, 3.05) is 5.43 Å². The van der Waals surface area contributed by atoms with E-state index in [1.165, 1.54) is 0 Å². The maximum atomic E-state index is 5.75. The minimum atomic E-state index is 0.440. The molecule has 1 rings (SSSR count). The monoisotopic (exact) mass is 190 g/mol. The van der Waals surface area contributed by atoms with Crippen LogP contribution in [0.2, 0.25) is 5.02 Å². The standard InChI is InChI=1S/C7H8Cl2N2/c8-4-5-1-6(9)3-7(2-5)11-10/h1-3,11H,4,10H2. The number of hydrogen-bond donors (Lipinski definition) is 2. The van der Waals surface area contributed by atoms with Crippen LogP contribution >= 0.6 is 23.2 Å². The summed E-state index contributed by atoms with van der Waals surface area (Å²) in [6.45, 7) is 0. The minimum Gasteiger partial charge on any atom is -0.324 e. The lowest BCUT2D eigenvalue weighted by atomic mass is 10.2. The van der Waals surface area contributed by atoms with Crippen molar-refractivity contribution >= 4 is 28.9 Å². The Hall–Kier alpha value is -0.440. The molecule has 0 aromatic heterocycles. The van der Waals surface area contributed by atoms with Crippen LogP contribution in [0.1, 0.15) is 5.56 Å². The zero-order chi connectivity index (χ0) is 8.27. The normalized spacial score (nSPS) is 9.73. The van der Waals surface area contributed by atoms with Gasteiger partial charge in [-0.15, -0.1) is 11.6 Å². The van der Waals surface area contributed by atoms with E-state index in [2.05, 4.69) is 5.43 Å². The second-order valence-corrected chi connectivity index (χ2v) is 2.83. The van der Waals surface area contributed by atoms with Gasteiger partial charge in [0, 0.05) is 10.9 Å². The van der Waals surface area contributed by atoms with Gasteiger partial charge in [-0.1, -0.05) is 11.6 Å². The lowest BCUT2D eigenvalue weighted by molar-refractivity contribution is 1.32. The summed E-state index contributed by atoms with van der Waals surface area (Å²) in [7, 11) is 0.